The Morgan fingerprint density at radius 2 is 1.75 bits per heavy atom. The maximum absolute atomic E-state index is 5.30. The molecular formula is C17H17NO2. The minimum atomic E-state index is 0.865. The molecule has 1 N–H and O–H groups in total. The Morgan fingerprint density at radius 1 is 0.950 bits per heavy atom. The van der Waals surface area contributed by atoms with Gasteiger partial charge in [0.1, 0.15) is 11.5 Å². The first kappa shape index (κ1) is 12.6. The van der Waals surface area contributed by atoms with Crippen LogP contribution in [-0.2, 0) is 6.42 Å². The lowest BCUT2D eigenvalue weighted by atomic mass is 10.0. The Morgan fingerprint density at radius 3 is 2.55 bits per heavy atom. The summed E-state index contributed by atoms with van der Waals surface area (Å²) in [6.07, 6.45) is 2.92. The Balaban J connectivity index is 1.97. The molecule has 0 fully saturated rings. The third-order valence-electron chi connectivity index (χ3n) is 3.50. The van der Waals surface area contributed by atoms with Crippen LogP contribution < -0.4 is 9.47 Å². The first-order chi connectivity index (χ1) is 9.80. The van der Waals surface area contributed by atoms with E-state index < -0.39 is 0 Å². The first-order valence-corrected chi connectivity index (χ1v) is 6.57. The molecule has 0 saturated heterocycles. The highest BCUT2D eigenvalue weighted by molar-refractivity contribution is 5.85. The normalized spacial score (nSPS) is 10.7. The molecule has 2 aromatic carbocycles. The molecule has 20 heavy (non-hydrogen) atoms. The summed E-state index contributed by atoms with van der Waals surface area (Å²) in [6, 6.07) is 14.2. The van der Waals surface area contributed by atoms with E-state index in [9.17, 15) is 0 Å². The number of hydrogen-bond donors (Lipinski definition) is 1. The van der Waals surface area contributed by atoms with Gasteiger partial charge in [0.25, 0.3) is 0 Å². The van der Waals surface area contributed by atoms with Gasteiger partial charge >= 0.3 is 0 Å². The molecule has 1 aromatic heterocycles. The number of nitrogens with one attached hydrogen (secondary N) is 1. The highest BCUT2D eigenvalue weighted by Crippen LogP contribution is 2.26. The predicted molar refractivity (Wildman–Crippen MR) is 80.7 cm³/mol. The van der Waals surface area contributed by atoms with Crippen LogP contribution in [0.25, 0.3) is 10.9 Å². The lowest BCUT2D eigenvalue weighted by Gasteiger charge is -2.05. The molecule has 3 heteroatoms. The molecule has 0 spiro atoms. The molecule has 3 nitrogen and oxygen atoms in total. The van der Waals surface area contributed by atoms with Crippen LogP contribution >= 0.6 is 0 Å². The van der Waals surface area contributed by atoms with E-state index in [4.69, 9.17) is 9.47 Å². The van der Waals surface area contributed by atoms with Gasteiger partial charge in [0.15, 0.2) is 0 Å². The third-order valence-corrected chi connectivity index (χ3v) is 3.50. The SMILES string of the molecule is COc1cccc(Cc2c[nH]c3ccc(OC)cc23)c1. The molecule has 0 bridgehead atoms. The monoisotopic (exact) mass is 267 g/mol. The molecule has 0 aliphatic heterocycles. The molecule has 0 atom stereocenters. The van der Waals surface area contributed by atoms with Crippen LogP contribution in [0.4, 0.5) is 0 Å². The average Bonchev–Trinajstić information content (AvgIpc) is 2.89. The van der Waals surface area contributed by atoms with Crippen LogP contribution in [0.3, 0.4) is 0 Å². The van der Waals surface area contributed by atoms with Crippen molar-refractivity contribution in [2.75, 3.05) is 14.2 Å². The van der Waals surface area contributed by atoms with E-state index >= 15 is 0 Å². The van der Waals surface area contributed by atoms with Crippen molar-refractivity contribution in [2.24, 2.45) is 0 Å². The van der Waals surface area contributed by atoms with Gasteiger partial charge in [-0.25, -0.2) is 0 Å². The average molecular weight is 267 g/mol. The first-order valence-electron chi connectivity index (χ1n) is 6.57. The van der Waals surface area contributed by atoms with Crippen molar-refractivity contribution in [1.82, 2.24) is 4.98 Å². The maximum Gasteiger partial charge on any atom is 0.119 e. The van der Waals surface area contributed by atoms with Crippen molar-refractivity contribution in [3.8, 4) is 11.5 Å². The number of rotatable bonds is 4. The molecule has 102 valence electrons. The van der Waals surface area contributed by atoms with Gasteiger partial charge in [-0.2, -0.15) is 0 Å². The molecule has 1 heterocycles. The summed E-state index contributed by atoms with van der Waals surface area (Å²) >= 11 is 0. The predicted octanol–water partition coefficient (Wildman–Crippen LogP) is 3.78. The van der Waals surface area contributed by atoms with Crippen LogP contribution in [0.1, 0.15) is 11.1 Å². The minimum absolute atomic E-state index is 0.865. The number of aromatic amines is 1. The van der Waals surface area contributed by atoms with Gasteiger partial charge in [-0.3, -0.25) is 0 Å². The largest absolute Gasteiger partial charge is 0.497 e. The number of aromatic nitrogens is 1. The minimum Gasteiger partial charge on any atom is -0.497 e. The van der Waals surface area contributed by atoms with E-state index in [1.165, 1.54) is 16.5 Å². The number of methoxy groups -OCH3 is 2. The molecule has 0 aliphatic carbocycles. The summed E-state index contributed by atoms with van der Waals surface area (Å²) in [5.74, 6) is 1.77. The quantitative estimate of drug-likeness (QED) is 0.780. The van der Waals surface area contributed by atoms with Gasteiger partial charge in [0.2, 0.25) is 0 Å². The summed E-state index contributed by atoms with van der Waals surface area (Å²) < 4.78 is 10.6. The fraction of sp³-hybridized carbons (Fsp3) is 0.176. The molecule has 0 aliphatic rings. The number of fused-ring (bicyclic) bond motifs is 1. The fourth-order valence-electron chi connectivity index (χ4n) is 2.43. The Bertz CT molecular complexity index is 731. The molecule has 3 aromatic rings. The van der Waals surface area contributed by atoms with E-state index in [0.29, 0.717) is 0 Å². The highest BCUT2D eigenvalue weighted by Gasteiger charge is 2.06. The van der Waals surface area contributed by atoms with Gasteiger partial charge < -0.3 is 14.5 Å². The van der Waals surface area contributed by atoms with Crippen LogP contribution in [0, 0.1) is 0 Å². The van der Waals surface area contributed by atoms with E-state index in [1.807, 2.05) is 24.3 Å². The second-order valence-electron chi connectivity index (χ2n) is 4.75. The summed E-state index contributed by atoms with van der Waals surface area (Å²) in [5, 5.41) is 1.20. The maximum atomic E-state index is 5.30. The molecule has 0 amide bonds. The van der Waals surface area contributed by atoms with Crippen molar-refractivity contribution in [2.45, 2.75) is 6.42 Å². The van der Waals surface area contributed by atoms with E-state index in [1.54, 1.807) is 14.2 Å². The summed E-state index contributed by atoms with van der Waals surface area (Å²) in [7, 11) is 3.38. The van der Waals surface area contributed by atoms with E-state index in [2.05, 4.69) is 29.4 Å². The van der Waals surface area contributed by atoms with Crippen molar-refractivity contribution >= 4 is 10.9 Å². The second-order valence-corrected chi connectivity index (χ2v) is 4.75. The van der Waals surface area contributed by atoms with Gasteiger partial charge in [-0.05, 0) is 47.9 Å². The Hall–Kier alpha value is -2.42. The van der Waals surface area contributed by atoms with Crippen molar-refractivity contribution in [3.05, 3.63) is 59.8 Å². The van der Waals surface area contributed by atoms with E-state index in [-0.39, 0.29) is 0 Å². The van der Waals surface area contributed by atoms with E-state index in [0.717, 1.165) is 23.4 Å². The third kappa shape index (κ3) is 2.35. The Kier molecular flexibility index (Phi) is 3.33. The highest BCUT2D eigenvalue weighted by atomic mass is 16.5. The summed E-state index contributed by atoms with van der Waals surface area (Å²) in [5.41, 5.74) is 3.61. The van der Waals surface area contributed by atoms with Crippen LogP contribution in [0.15, 0.2) is 48.7 Å². The number of hydrogen-bond acceptors (Lipinski definition) is 2. The summed E-state index contributed by atoms with van der Waals surface area (Å²) in [6.45, 7) is 0. The lowest BCUT2D eigenvalue weighted by Crippen LogP contribution is -1.89. The smallest absolute Gasteiger partial charge is 0.119 e. The lowest BCUT2D eigenvalue weighted by molar-refractivity contribution is 0.414. The van der Waals surface area contributed by atoms with Crippen LogP contribution in [-0.4, -0.2) is 19.2 Å². The van der Waals surface area contributed by atoms with Gasteiger partial charge in [0, 0.05) is 17.1 Å². The van der Waals surface area contributed by atoms with Gasteiger partial charge in [0.05, 0.1) is 14.2 Å². The van der Waals surface area contributed by atoms with Crippen LogP contribution in [0.2, 0.25) is 0 Å². The molecular weight excluding hydrogens is 250 g/mol. The topological polar surface area (TPSA) is 34.2 Å². The molecule has 3 rings (SSSR count). The van der Waals surface area contributed by atoms with Crippen molar-refractivity contribution in [3.63, 3.8) is 0 Å². The summed E-state index contributed by atoms with van der Waals surface area (Å²) in [4.78, 5) is 3.30. The van der Waals surface area contributed by atoms with Crippen LogP contribution in [0.5, 0.6) is 11.5 Å². The molecule has 0 radical (unpaired) electrons. The number of ether oxygens (including phenoxy) is 2. The zero-order valence-electron chi connectivity index (χ0n) is 11.6. The van der Waals surface area contributed by atoms with Crippen molar-refractivity contribution < 1.29 is 9.47 Å². The van der Waals surface area contributed by atoms with Crippen molar-refractivity contribution in [1.29, 1.82) is 0 Å². The number of benzene rings is 2. The molecule has 0 unspecified atom stereocenters. The molecule has 0 saturated carbocycles. The van der Waals surface area contributed by atoms with Gasteiger partial charge in [-0.1, -0.05) is 12.1 Å². The zero-order chi connectivity index (χ0) is 13.9. The number of H-pyrrole nitrogens is 1. The second kappa shape index (κ2) is 5.29. The van der Waals surface area contributed by atoms with Gasteiger partial charge in [-0.15, -0.1) is 0 Å². The zero-order valence-corrected chi connectivity index (χ0v) is 11.6. The fourth-order valence-corrected chi connectivity index (χ4v) is 2.43. The Labute approximate surface area is 118 Å². The standard InChI is InChI=1S/C17H17NO2/c1-19-14-5-3-4-12(9-14)8-13-11-18-17-7-6-15(20-2)10-16(13)17/h3-7,9-11,18H,8H2,1-2H3.